The topological polar surface area (TPSA) is 132 Å². The van der Waals surface area contributed by atoms with Crippen LogP contribution >= 0.6 is 0 Å². The van der Waals surface area contributed by atoms with Crippen LogP contribution in [0.25, 0.3) is 0 Å². The molecule has 1 atom stereocenters. The van der Waals surface area contributed by atoms with Crippen molar-refractivity contribution in [2.24, 2.45) is 34.2 Å². The minimum absolute atomic E-state index is 0.0138. The van der Waals surface area contributed by atoms with Crippen molar-refractivity contribution in [2.75, 3.05) is 13.1 Å². The van der Waals surface area contributed by atoms with Gasteiger partial charge in [0.1, 0.15) is 0 Å². The van der Waals surface area contributed by atoms with Gasteiger partial charge in [-0.3, -0.25) is 20.8 Å². The summed E-state index contributed by atoms with van der Waals surface area (Å²) in [6.07, 6.45) is 12.5. The third kappa shape index (κ3) is 5.19. The summed E-state index contributed by atoms with van der Waals surface area (Å²) in [7, 11) is 0. The van der Waals surface area contributed by atoms with E-state index in [0.717, 1.165) is 38.8 Å². The molecule has 0 radical (unpaired) electrons. The zero-order chi connectivity index (χ0) is 19.3. The Morgan fingerprint density at radius 2 is 1.78 bits per heavy atom. The molecular weight excluding hydrogens is 344 g/mol. The molecule has 0 bridgehead atoms. The number of hydrogen-bond donors (Lipinski definition) is 4. The van der Waals surface area contributed by atoms with Gasteiger partial charge in [-0.05, 0) is 69.2 Å². The summed E-state index contributed by atoms with van der Waals surface area (Å²) in [6, 6.07) is 0. The van der Waals surface area contributed by atoms with E-state index in [1.807, 2.05) is 0 Å². The van der Waals surface area contributed by atoms with Crippen molar-refractivity contribution < 1.29 is 4.92 Å². The highest BCUT2D eigenvalue weighted by atomic mass is 16.6. The first-order chi connectivity index (χ1) is 13.0. The van der Waals surface area contributed by atoms with Crippen molar-refractivity contribution in [3.8, 4) is 0 Å². The molecule has 27 heavy (non-hydrogen) atoms. The molecule has 0 amide bonds. The van der Waals surface area contributed by atoms with Crippen molar-refractivity contribution in [3.63, 3.8) is 0 Å². The van der Waals surface area contributed by atoms with Crippen LogP contribution in [-0.2, 0) is 0 Å². The first-order valence-electron chi connectivity index (χ1n) is 10.4. The molecule has 0 aromatic rings. The van der Waals surface area contributed by atoms with E-state index in [-0.39, 0.29) is 10.6 Å². The number of rotatable bonds is 6. The molecule has 0 spiro atoms. The largest absolute Gasteiger partial charge is 0.330 e. The molecule has 3 rings (SSSR count). The van der Waals surface area contributed by atoms with Crippen LogP contribution in [0.2, 0.25) is 0 Å². The first-order valence-corrected chi connectivity index (χ1v) is 10.4. The fraction of sp³-hybridized carbons (Fsp3) is 0.842. The highest BCUT2D eigenvalue weighted by molar-refractivity contribution is 5.83. The van der Waals surface area contributed by atoms with Crippen LogP contribution in [0.5, 0.6) is 0 Å². The normalized spacial score (nSPS) is 33.9. The molecule has 3 aliphatic rings. The molecule has 8 heteroatoms. The van der Waals surface area contributed by atoms with Gasteiger partial charge in [-0.2, -0.15) is 0 Å². The smallest absolute Gasteiger partial charge is 0.301 e. The molecule has 6 N–H and O–H groups in total. The van der Waals surface area contributed by atoms with Crippen molar-refractivity contribution in [1.82, 2.24) is 10.6 Å². The van der Waals surface area contributed by atoms with Gasteiger partial charge < -0.3 is 16.4 Å². The van der Waals surface area contributed by atoms with E-state index in [1.54, 1.807) is 0 Å². The van der Waals surface area contributed by atoms with Crippen LogP contribution in [-0.4, -0.2) is 29.6 Å². The maximum atomic E-state index is 11.5. The highest BCUT2D eigenvalue weighted by Gasteiger charge is 2.44. The summed E-state index contributed by atoms with van der Waals surface area (Å²) in [5, 5.41) is 17.6. The monoisotopic (exact) mass is 378 g/mol. The van der Waals surface area contributed by atoms with Gasteiger partial charge >= 0.3 is 5.70 Å². The molecule has 0 aromatic carbocycles. The Hall–Kier alpha value is -1.67. The van der Waals surface area contributed by atoms with Gasteiger partial charge in [0.25, 0.3) is 0 Å². The summed E-state index contributed by atoms with van der Waals surface area (Å²) in [6.45, 7) is 1.47. The number of nitrogens with two attached hydrogens (primary N) is 2. The Morgan fingerprint density at radius 3 is 2.41 bits per heavy atom. The summed E-state index contributed by atoms with van der Waals surface area (Å²) < 4.78 is 0. The number of nitro groups is 1. The fourth-order valence-corrected chi connectivity index (χ4v) is 4.75. The Morgan fingerprint density at radius 1 is 1.11 bits per heavy atom. The van der Waals surface area contributed by atoms with Gasteiger partial charge in [0, 0.05) is 6.54 Å². The summed E-state index contributed by atoms with van der Waals surface area (Å²) >= 11 is 0. The molecule has 8 nitrogen and oxygen atoms in total. The molecule has 2 saturated carbocycles. The Labute approximate surface area is 161 Å². The van der Waals surface area contributed by atoms with Gasteiger partial charge in [0.05, 0.1) is 11.1 Å². The third-order valence-corrected chi connectivity index (χ3v) is 6.48. The summed E-state index contributed by atoms with van der Waals surface area (Å²) in [4.78, 5) is 15.8. The zero-order valence-electron chi connectivity index (χ0n) is 16.2. The quantitative estimate of drug-likeness (QED) is 0.413. The second-order valence-electron chi connectivity index (χ2n) is 8.55. The van der Waals surface area contributed by atoms with Gasteiger partial charge in [0.2, 0.25) is 0 Å². The lowest BCUT2D eigenvalue weighted by molar-refractivity contribution is -0.437. The number of aliphatic imine (C=N–C) groups is 1. The van der Waals surface area contributed by atoms with E-state index >= 15 is 0 Å². The average molecular weight is 379 g/mol. The lowest BCUT2D eigenvalue weighted by atomic mass is 9.77. The molecule has 0 aromatic heterocycles. The molecule has 2 aliphatic carbocycles. The number of nitrogens with zero attached hydrogens (tertiary/aromatic N) is 2. The SMILES string of the molecule is NCC1CCC(CC2(N)NC(=NCC3CCCCC3)NC=C2[N+](=O)[O-])CC1. The van der Waals surface area contributed by atoms with Crippen molar-refractivity contribution in [3.05, 3.63) is 22.0 Å². The van der Waals surface area contributed by atoms with Crippen LogP contribution in [0, 0.1) is 27.9 Å². The first kappa shape index (κ1) is 20.1. The molecule has 152 valence electrons. The molecule has 1 unspecified atom stereocenters. The predicted molar refractivity (Wildman–Crippen MR) is 106 cm³/mol. The average Bonchev–Trinajstić information content (AvgIpc) is 2.67. The van der Waals surface area contributed by atoms with Crippen LogP contribution in [0.4, 0.5) is 0 Å². The van der Waals surface area contributed by atoms with Crippen LogP contribution < -0.4 is 22.1 Å². The second-order valence-corrected chi connectivity index (χ2v) is 8.55. The van der Waals surface area contributed by atoms with E-state index in [0.29, 0.717) is 30.1 Å². The number of hydrogen-bond acceptors (Lipinski definition) is 5. The van der Waals surface area contributed by atoms with Crippen molar-refractivity contribution in [2.45, 2.75) is 69.9 Å². The van der Waals surface area contributed by atoms with E-state index in [4.69, 9.17) is 11.5 Å². The Bertz CT molecular complexity index is 579. The molecule has 0 saturated heterocycles. The van der Waals surface area contributed by atoms with Crippen molar-refractivity contribution in [1.29, 1.82) is 0 Å². The van der Waals surface area contributed by atoms with Gasteiger partial charge in [-0.25, -0.2) is 0 Å². The minimum Gasteiger partial charge on any atom is -0.330 e. The van der Waals surface area contributed by atoms with Crippen LogP contribution in [0.15, 0.2) is 16.9 Å². The van der Waals surface area contributed by atoms with Crippen molar-refractivity contribution >= 4 is 5.96 Å². The Balaban J connectivity index is 1.65. The lowest BCUT2D eigenvalue weighted by Crippen LogP contribution is -2.64. The molecular formula is C19H34N6O2. The van der Waals surface area contributed by atoms with Crippen LogP contribution in [0.1, 0.15) is 64.2 Å². The van der Waals surface area contributed by atoms with Gasteiger partial charge in [-0.1, -0.05) is 19.3 Å². The minimum atomic E-state index is -1.18. The zero-order valence-corrected chi connectivity index (χ0v) is 16.2. The van der Waals surface area contributed by atoms with E-state index < -0.39 is 5.66 Å². The van der Waals surface area contributed by atoms with Crippen LogP contribution in [0.3, 0.4) is 0 Å². The number of guanidine groups is 1. The second kappa shape index (κ2) is 9.01. The Kier molecular flexibility index (Phi) is 6.70. The van der Waals surface area contributed by atoms with Gasteiger partial charge in [-0.15, -0.1) is 0 Å². The van der Waals surface area contributed by atoms with E-state index in [9.17, 15) is 10.1 Å². The fourth-order valence-electron chi connectivity index (χ4n) is 4.75. The maximum absolute atomic E-state index is 11.5. The molecule has 1 heterocycles. The standard InChI is InChI=1S/C19H34N6O2/c20-11-15-8-6-14(7-9-15)10-19(21)17(25(26)27)13-23-18(24-19)22-12-16-4-2-1-3-5-16/h13-16H,1-12,20-21H2,(H2,22,23,24). The van der Waals surface area contributed by atoms with Gasteiger partial charge in [0.15, 0.2) is 11.6 Å². The molecule has 2 fully saturated rings. The van der Waals surface area contributed by atoms with E-state index in [2.05, 4.69) is 15.6 Å². The predicted octanol–water partition coefficient (Wildman–Crippen LogP) is 2.04. The number of nitrogens with one attached hydrogen (secondary N) is 2. The molecule has 1 aliphatic heterocycles. The lowest BCUT2D eigenvalue weighted by Gasteiger charge is -2.37. The summed E-state index contributed by atoms with van der Waals surface area (Å²) in [5.74, 6) is 2.11. The maximum Gasteiger partial charge on any atom is 0.301 e. The highest BCUT2D eigenvalue weighted by Crippen LogP contribution is 2.34. The third-order valence-electron chi connectivity index (χ3n) is 6.48. The summed E-state index contributed by atoms with van der Waals surface area (Å²) in [5.41, 5.74) is 11.1. The van der Waals surface area contributed by atoms with E-state index in [1.165, 1.54) is 38.3 Å².